The highest BCUT2D eigenvalue weighted by Crippen LogP contribution is 2.35. The molecule has 1 atom stereocenters. The molecule has 4 rings (SSSR count). The summed E-state index contributed by atoms with van der Waals surface area (Å²) < 4.78 is 5.13. The quantitative estimate of drug-likeness (QED) is 0.814. The van der Waals surface area contributed by atoms with Gasteiger partial charge < -0.3 is 9.72 Å². The number of H-pyrrole nitrogens is 1. The first-order chi connectivity index (χ1) is 13.0. The minimum absolute atomic E-state index is 0.00157. The van der Waals surface area contributed by atoms with Crippen LogP contribution in [-0.2, 0) is 28.9 Å². The highest BCUT2D eigenvalue weighted by Gasteiger charge is 2.27. The molecule has 2 aromatic rings. The first-order valence-corrected chi connectivity index (χ1v) is 10.8. The second-order valence-corrected chi connectivity index (χ2v) is 8.93. The summed E-state index contributed by atoms with van der Waals surface area (Å²) in [6.07, 6.45) is 4.80. The number of hydrogen-bond donors (Lipinski definition) is 1. The van der Waals surface area contributed by atoms with Gasteiger partial charge in [-0.3, -0.25) is 14.5 Å². The number of aryl methyl sites for hydroxylation is 1. The van der Waals surface area contributed by atoms with Crippen molar-refractivity contribution in [2.24, 2.45) is 11.8 Å². The maximum absolute atomic E-state index is 12.7. The Bertz CT molecular complexity index is 896. The van der Waals surface area contributed by atoms with Crippen LogP contribution in [0.5, 0.6) is 0 Å². The maximum Gasteiger partial charge on any atom is 0.309 e. The van der Waals surface area contributed by atoms with Crippen LogP contribution in [0.4, 0.5) is 0 Å². The minimum atomic E-state index is -0.0801. The van der Waals surface area contributed by atoms with Crippen molar-refractivity contribution in [1.82, 2.24) is 14.9 Å². The summed E-state index contributed by atoms with van der Waals surface area (Å²) in [5.74, 6) is 1.34. The van der Waals surface area contributed by atoms with Gasteiger partial charge in [-0.25, -0.2) is 4.98 Å². The van der Waals surface area contributed by atoms with Crippen molar-refractivity contribution in [1.29, 1.82) is 0 Å². The van der Waals surface area contributed by atoms with Crippen molar-refractivity contribution in [3.05, 3.63) is 26.6 Å². The van der Waals surface area contributed by atoms with Crippen LogP contribution in [0.25, 0.3) is 10.2 Å². The highest BCUT2D eigenvalue weighted by atomic mass is 32.1. The Balaban J connectivity index is 1.47. The molecule has 0 radical (unpaired) electrons. The minimum Gasteiger partial charge on any atom is -0.466 e. The van der Waals surface area contributed by atoms with E-state index >= 15 is 0 Å². The lowest BCUT2D eigenvalue weighted by Crippen LogP contribution is -2.37. The number of esters is 1. The number of nitrogens with one attached hydrogen (secondary N) is 1. The fraction of sp³-hybridized carbons (Fsp3) is 0.650. The van der Waals surface area contributed by atoms with Crippen LogP contribution in [0.3, 0.4) is 0 Å². The zero-order valence-corrected chi connectivity index (χ0v) is 16.9. The number of carbonyl (C=O) groups is 1. The van der Waals surface area contributed by atoms with Gasteiger partial charge in [0.1, 0.15) is 10.7 Å². The smallest absolute Gasteiger partial charge is 0.309 e. The van der Waals surface area contributed by atoms with E-state index in [9.17, 15) is 9.59 Å². The number of fused-ring (bicyclic) bond motifs is 3. The number of piperidine rings is 1. The molecule has 3 heterocycles. The average molecular weight is 390 g/mol. The molecule has 0 spiro atoms. The zero-order valence-electron chi connectivity index (χ0n) is 16.0. The van der Waals surface area contributed by atoms with Crippen molar-refractivity contribution in [2.45, 2.75) is 52.5 Å². The number of nitrogens with zero attached hydrogens (tertiary/aromatic N) is 2. The molecule has 1 saturated heterocycles. The van der Waals surface area contributed by atoms with Crippen LogP contribution in [-0.4, -0.2) is 40.5 Å². The fourth-order valence-electron chi connectivity index (χ4n) is 4.27. The Kier molecular flexibility index (Phi) is 5.32. The Hall–Kier alpha value is -1.73. The third-order valence-corrected chi connectivity index (χ3v) is 6.94. The third kappa shape index (κ3) is 3.80. The molecule has 0 bridgehead atoms. The average Bonchev–Trinajstić information content (AvgIpc) is 3.00. The molecular formula is C20H27N3O3S. The molecule has 1 aliphatic heterocycles. The summed E-state index contributed by atoms with van der Waals surface area (Å²) in [6.45, 7) is 6.82. The SMILES string of the molecule is CCOC(=O)C1CCN(Cc2nc3sc4c(c3c(=O)[nH]2)CC[C@H](C)C4)CC1. The number of aromatic nitrogens is 2. The number of ether oxygens (including phenoxy) is 1. The molecule has 6 nitrogen and oxygen atoms in total. The standard InChI is InChI=1S/C20H27N3O3S/c1-3-26-20(25)13-6-8-23(9-7-13)11-16-21-18(24)17-14-5-4-12(2)10-15(14)27-19(17)22-16/h12-13H,3-11H2,1-2H3,(H,21,22,24)/t12-/m0/s1. The van der Waals surface area contributed by atoms with Crippen LogP contribution in [0, 0.1) is 11.8 Å². The molecule has 0 amide bonds. The number of likely N-dealkylation sites (tertiary alicyclic amines) is 1. The van der Waals surface area contributed by atoms with Crippen LogP contribution in [0.15, 0.2) is 4.79 Å². The Morgan fingerprint density at radius 1 is 1.33 bits per heavy atom. The summed E-state index contributed by atoms with van der Waals surface area (Å²) >= 11 is 1.69. The predicted octanol–water partition coefficient (Wildman–Crippen LogP) is 2.88. The lowest BCUT2D eigenvalue weighted by molar-refractivity contribution is -0.149. The summed E-state index contributed by atoms with van der Waals surface area (Å²) in [6, 6.07) is 0. The summed E-state index contributed by atoms with van der Waals surface area (Å²) in [5, 5.41) is 0.812. The lowest BCUT2D eigenvalue weighted by atomic mass is 9.89. The second kappa shape index (κ2) is 7.72. The molecule has 1 fully saturated rings. The monoisotopic (exact) mass is 389 g/mol. The molecule has 0 saturated carbocycles. The largest absolute Gasteiger partial charge is 0.466 e. The Morgan fingerprint density at radius 3 is 2.85 bits per heavy atom. The van der Waals surface area contributed by atoms with E-state index in [1.54, 1.807) is 11.3 Å². The van der Waals surface area contributed by atoms with Gasteiger partial charge in [-0.05, 0) is 63.6 Å². The van der Waals surface area contributed by atoms with Crippen LogP contribution < -0.4 is 5.56 Å². The molecule has 27 heavy (non-hydrogen) atoms. The van der Waals surface area contributed by atoms with Crippen molar-refractivity contribution < 1.29 is 9.53 Å². The van der Waals surface area contributed by atoms with Crippen LogP contribution in [0.1, 0.15) is 49.4 Å². The topological polar surface area (TPSA) is 75.3 Å². The van der Waals surface area contributed by atoms with Gasteiger partial charge in [0, 0.05) is 4.88 Å². The van der Waals surface area contributed by atoms with E-state index < -0.39 is 0 Å². The molecule has 0 aromatic carbocycles. The number of aromatic amines is 1. The van der Waals surface area contributed by atoms with Gasteiger partial charge in [0.25, 0.3) is 5.56 Å². The van der Waals surface area contributed by atoms with Crippen molar-refractivity contribution in [3.63, 3.8) is 0 Å². The molecule has 0 unspecified atom stereocenters. The number of thiophene rings is 1. The van der Waals surface area contributed by atoms with E-state index in [4.69, 9.17) is 9.72 Å². The lowest BCUT2D eigenvalue weighted by Gasteiger charge is -2.30. The third-order valence-electron chi connectivity index (χ3n) is 5.80. The van der Waals surface area contributed by atoms with Gasteiger partial charge in [0.05, 0.1) is 24.5 Å². The van der Waals surface area contributed by atoms with Gasteiger partial charge in [-0.1, -0.05) is 6.92 Å². The van der Waals surface area contributed by atoms with Crippen molar-refractivity contribution in [2.75, 3.05) is 19.7 Å². The molecule has 1 aliphatic carbocycles. The van der Waals surface area contributed by atoms with Crippen LogP contribution >= 0.6 is 11.3 Å². The van der Waals surface area contributed by atoms with Gasteiger partial charge in [0.2, 0.25) is 0 Å². The number of rotatable bonds is 4. The zero-order chi connectivity index (χ0) is 19.0. The molecular weight excluding hydrogens is 362 g/mol. The normalized spacial score (nSPS) is 21.3. The Labute approximate surface area is 162 Å². The summed E-state index contributed by atoms with van der Waals surface area (Å²) in [5.41, 5.74) is 1.23. The van der Waals surface area contributed by atoms with E-state index in [1.807, 2.05) is 6.92 Å². The van der Waals surface area contributed by atoms with E-state index in [2.05, 4.69) is 16.8 Å². The van der Waals surface area contributed by atoms with E-state index in [0.29, 0.717) is 19.1 Å². The summed E-state index contributed by atoms with van der Waals surface area (Å²) in [7, 11) is 0. The first-order valence-electron chi connectivity index (χ1n) is 9.97. The van der Waals surface area contributed by atoms with Gasteiger partial charge in [0.15, 0.2) is 0 Å². The predicted molar refractivity (Wildman–Crippen MR) is 106 cm³/mol. The first kappa shape index (κ1) is 18.6. The molecule has 1 N–H and O–H groups in total. The van der Waals surface area contributed by atoms with E-state index in [1.165, 1.54) is 10.4 Å². The Morgan fingerprint density at radius 2 is 2.11 bits per heavy atom. The maximum atomic E-state index is 12.7. The number of carbonyl (C=O) groups excluding carboxylic acids is 1. The number of hydrogen-bond acceptors (Lipinski definition) is 6. The van der Waals surface area contributed by atoms with Gasteiger partial charge in [-0.2, -0.15) is 0 Å². The van der Waals surface area contributed by atoms with Crippen molar-refractivity contribution >= 4 is 27.5 Å². The van der Waals surface area contributed by atoms with E-state index in [0.717, 1.165) is 61.2 Å². The highest BCUT2D eigenvalue weighted by molar-refractivity contribution is 7.18. The van der Waals surface area contributed by atoms with Gasteiger partial charge >= 0.3 is 5.97 Å². The second-order valence-electron chi connectivity index (χ2n) is 7.85. The molecule has 7 heteroatoms. The molecule has 2 aliphatic rings. The molecule has 2 aromatic heterocycles. The van der Waals surface area contributed by atoms with Crippen molar-refractivity contribution in [3.8, 4) is 0 Å². The van der Waals surface area contributed by atoms with Crippen LogP contribution in [0.2, 0.25) is 0 Å². The van der Waals surface area contributed by atoms with Gasteiger partial charge in [-0.15, -0.1) is 11.3 Å². The summed E-state index contributed by atoms with van der Waals surface area (Å²) in [4.78, 5) is 36.8. The van der Waals surface area contributed by atoms with E-state index in [-0.39, 0.29) is 17.4 Å². The fourth-order valence-corrected chi connectivity index (χ4v) is 5.67. The molecule has 146 valence electrons.